The predicted molar refractivity (Wildman–Crippen MR) is 118 cm³/mol. The smallest absolute Gasteiger partial charge is 0.125 e. The molecule has 3 atom stereocenters. The van der Waals surface area contributed by atoms with E-state index in [0.29, 0.717) is 24.0 Å². The maximum absolute atomic E-state index is 11.3. The van der Waals surface area contributed by atoms with Crippen LogP contribution in [0.15, 0.2) is 48.5 Å². The molecule has 2 aromatic carbocycles. The minimum Gasteiger partial charge on any atom is -0.508 e. The SMILES string of the molecule is CC(C)CC#C[C@@]1(O)CC[C@@]2(Cc3ccccc3)c3ccc(O)cc3CC[C@@H]2C1. The number of phenolic OH excluding ortho intramolecular Hbond substituents is 1. The number of benzene rings is 2. The molecule has 2 aliphatic rings. The molecule has 1 fully saturated rings. The first-order chi connectivity index (χ1) is 13.9. The van der Waals surface area contributed by atoms with Crippen LogP contribution in [0.5, 0.6) is 5.75 Å². The van der Waals surface area contributed by atoms with Crippen LogP contribution in [-0.2, 0) is 18.3 Å². The maximum atomic E-state index is 11.3. The van der Waals surface area contributed by atoms with Gasteiger partial charge in [-0.15, -0.1) is 5.92 Å². The van der Waals surface area contributed by atoms with Gasteiger partial charge in [0.25, 0.3) is 0 Å². The van der Waals surface area contributed by atoms with Crippen LogP contribution in [0.3, 0.4) is 0 Å². The summed E-state index contributed by atoms with van der Waals surface area (Å²) in [5, 5.41) is 21.3. The van der Waals surface area contributed by atoms with Gasteiger partial charge >= 0.3 is 0 Å². The zero-order valence-corrected chi connectivity index (χ0v) is 17.6. The normalized spacial score (nSPS) is 28.2. The molecule has 0 amide bonds. The Morgan fingerprint density at radius 3 is 2.66 bits per heavy atom. The Morgan fingerprint density at radius 2 is 1.90 bits per heavy atom. The van der Waals surface area contributed by atoms with E-state index >= 15 is 0 Å². The minimum atomic E-state index is -0.867. The molecule has 2 aromatic rings. The number of fused-ring (bicyclic) bond motifs is 3. The molecule has 2 aliphatic carbocycles. The Bertz CT molecular complexity index is 921. The molecule has 0 bridgehead atoms. The number of aromatic hydroxyl groups is 1. The van der Waals surface area contributed by atoms with E-state index in [-0.39, 0.29) is 5.41 Å². The molecular weight excluding hydrogens is 356 g/mol. The van der Waals surface area contributed by atoms with Crippen LogP contribution in [0.25, 0.3) is 0 Å². The van der Waals surface area contributed by atoms with Crippen molar-refractivity contribution in [3.05, 3.63) is 65.2 Å². The van der Waals surface area contributed by atoms with E-state index in [4.69, 9.17) is 0 Å². The summed E-state index contributed by atoms with van der Waals surface area (Å²) in [6.07, 6.45) is 6.19. The second kappa shape index (κ2) is 7.88. The van der Waals surface area contributed by atoms with Gasteiger partial charge in [0.2, 0.25) is 0 Å². The van der Waals surface area contributed by atoms with E-state index in [9.17, 15) is 10.2 Å². The quantitative estimate of drug-likeness (QED) is 0.691. The number of rotatable bonds is 3. The number of phenols is 1. The van der Waals surface area contributed by atoms with Gasteiger partial charge < -0.3 is 10.2 Å². The summed E-state index contributed by atoms with van der Waals surface area (Å²) in [6, 6.07) is 16.6. The van der Waals surface area contributed by atoms with Gasteiger partial charge in [0.15, 0.2) is 0 Å². The molecule has 2 nitrogen and oxygen atoms in total. The van der Waals surface area contributed by atoms with Gasteiger partial charge in [-0.05, 0) is 79.2 Å². The first-order valence-electron chi connectivity index (χ1n) is 11.0. The molecule has 2 heteroatoms. The molecule has 0 aromatic heterocycles. The Labute approximate surface area is 175 Å². The zero-order valence-electron chi connectivity index (χ0n) is 17.6. The summed E-state index contributed by atoms with van der Waals surface area (Å²) < 4.78 is 0. The molecule has 0 spiro atoms. The summed E-state index contributed by atoms with van der Waals surface area (Å²) >= 11 is 0. The third kappa shape index (κ3) is 4.07. The summed E-state index contributed by atoms with van der Waals surface area (Å²) in [7, 11) is 0. The maximum Gasteiger partial charge on any atom is 0.125 e. The average molecular weight is 389 g/mol. The fourth-order valence-corrected chi connectivity index (χ4v) is 5.50. The molecule has 29 heavy (non-hydrogen) atoms. The average Bonchev–Trinajstić information content (AvgIpc) is 2.69. The summed E-state index contributed by atoms with van der Waals surface area (Å²) in [6.45, 7) is 4.33. The monoisotopic (exact) mass is 388 g/mol. The van der Waals surface area contributed by atoms with E-state index in [0.717, 1.165) is 38.5 Å². The fourth-order valence-electron chi connectivity index (χ4n) is 5.50. The van der Waals surface area contributed by atoms with Crippen molar-refractivity contribution < 1.29 is 10.2 Å². The van der Waals surface area contributed by atoms with Gasteiger partial charge in [-0.25, -0.2) is 0 Å². The third-order valence-electron chi connectivity index (χ3n) is 6.93. The highest BCUT2D eigenvalue weighted by Crippen LogP contribution is 2.54. The van der Waals surface area contributed by atoms with Crippen LogP contribution in [-0.4, -0.2) is 15.8 Å². The topological polar surface area (TPSA) is 40.5 Å². The van der Waals surface area contributed by atoms with Gasteiger partial charge in [0, 0.05) is 11.8 Å². The van der Waals surface area contributed by atoms with Gasteiger partial charge in [0.1, 0.15) is 11.4 Å². The number of aryl methyl sites for hydroxylation is 1. The molecule has 0 aliphatic heterocycles. The zero-order chi connectivity index (χ0) is 20.5. The Kier molecular flexibility index (Phi) is 5.45. The van der Waals surface area contributed by atoms with Gasteiger partial charge in [-0.1, -0.05) is 56.2 Å². The van der Waals surface area contributed by atoms with Crippen molar-refractivity contribution in [3.63, 3.8) is 0 Å². The standard InChI is InChI=1S/C27H32O2/c1-20(2)7-6-14-26(29)15-16-27(18-21-8-4-3-5-9-21)23(19-26)11-10-22-17-24(28)12-13-25(22)27/h3-5,8-9,12-13,17,20,23,28-29H,7,10-11,15-16,18-19H2,1-2H3/t23-,26-,27+/m1/s1. The van der Waals surface area contributed by atoms with Gasteiger partial charge in [-0.3, -0.25) is 0 Å². The predicted octanol–water partition coefficient (Wildman–Crippen LogP) is 5.40. The Morgan fingerprint density at radius 1 is 1.10 bits per heavy atom. The number of hydrogen-bond acceptors (Lipinski definition) is 2. The van der Waals surface area contributed by atoms with Crippen LogP contribution in [0.1, 0.15) is 62.6 Å². The Hall–Kier alpha value is -2.24. The van der Waals surface area contributed by atoms with Gasteiger partial charge in [-0.2, -0.15) is 0 Å². The van der Waals surface area contributed by atoms with Crippen LogP contribution in [0.2, 0.25) is 0 Å². The second-order valence-electron chi connectivity index (χ2n) is 9.53. The largest absolute Gasteiger partial charge is 0.508 e. The summed E-state index contributed by atoms with van der Waals surface area (Å²) in [4.78, 5) is 0. The number of hydrogen-bond donors (Lipinski definition) is 2. The molecular formula is C27H32O2. The lowest BCUT2D eigenvalue weighted by Gasteiger charge is -2.52. The van der Waals surface area contributed by atoms with E-state index in [1.54, 1.807) is 0 Å². The van der Waals surface area contributed by atoms with Crippen molar-refractivity contribution in [2.24, 2.45) is 11.8 Å². The van der Waals surface area contributed by atoms with Crippen LogP contribution in [0.4, 0.5) is 0 Å². The van der Waals surface area contributed by atoms with Crippen LogP contribution in [0, 0.1) is 23.7 Å². The molecule has 0 unspecified atom stereocenters. The van der Waals surface area contributed by atoms with Crippen molar-refractivity contribution in [3.8, 4) is 17.6 Å². The first-order valence-corrected chi connectivity index (χ1v) is 11.0. The molecule has 1 saturated carbocycles. The van der Waals surface area contributed by atoms with E-state index in [1.165, 1.54) is 16.7 Å². The molecule has 0 saturated heterocycles. The van der Waals surface area contributed by atoms with Gasteiger partial charge in [0.05, 0.1) is 0 Å². The molecule has 4 rings (SSSR count). The second-order valence-corrected chi connectivity index (χ2v) is 9.53. The summed E-state index contributed by atoms with van der Waals surface area (Å²) in [5.74, 6) is 7.76. The fraction of sp³-hybridized carbons (Fsp3) is 0.481. The van der Waals surface area contributed by atoms with E-state index in [2.05, 4.69) is 62.1 Å². The van der Waals surface area contributed by atoms with Crippen LogP contribution < -0.4 is 0 Å². The highest BCUT2D eigenvalue weighted by Gasteiger charge is 2.51. The lowest BCUT2D eigenvalue weighted by molar-refractivity contribution is -0.00809. The third-order valence-corrected chi connectivity index (χ3v) is 6.93. The summed E-state index contributed by atoms with van der Waals surface area (Å²) in [5.41, 5.74) is 3.12. The molecule has 152 valence electrons. The minimum absolute atomic E-state index is 0.00853. The Balaban J connectivity index is 1.70. The van der Waals surface area contributed by atoms with Crippen molar-refractivity contribution >= 4 is 0 Å². The van der Waals surface area contributed by atoms with Crippen molar-refractivity contribution in [1.29, 1.82) is 0 Å². The lowest BCUT2D eigenvalue weighted by atomic mass is 9.52. The molecule has 0 radical (unpaired) electrons. The molecule has 2 N–H and O–H groups in total. The van der Waals surface area contributed by atoms with E-state index < -0.39 is 5.60 Å². The highest BCUT2D eigenvalue weighted by atomic mass is 16.3. The number of aliphatic hydroxyl groups is 1. The lowest BCUT2D eigenvalue weighted by Crippen LogP contribution is -2.50. The highest BCUT2D eigenvalue weighted by molar-refractivity contribution is 5.45. The van der Waals surface area contributed by atoms with E-state index in [1.807, 2.05) is 12.1 Å². The van der Waals surface area contributed by atoms with Crippen molar-refractivity contribution in [1.82, 2.24) is 0 Å². The van der Waals surface area contributed by atoms with Crippen LogP contribution >= 0.6 is 0 Å². The van der Waals surface area contributed by atoms with Crippen molar-refractivity contribution in [2.75, 3.05) is 0 Å². The van der Waals surface area contributed by atoms with Crippen molar-refractivity contribution in [2.45, 2.75) is 69.8 Å². The first kappa shape index (κ1) is 20.0. The molecule has 0 heterocycles.